The molecule has 0 aromatic carbocycles. The van der Waals surface area contributed by atoms with Crippen molar-refractivity contribution in [3.8, 4) is 12.3 Å². The van der Waals surface area contributed by atoms with E-state index in [0.29, 0.717) is 19.1 Å². The number of amides is 2. The minimum absolute atomic E-state index is 0.00791. The summed E-state index contributed by atoms with van der Waals surface area (Å²) in [6.45, 7) is 4.07. The number of nitrogens with one attached hydrogen (secondary N) is 1. The fraction of sp³-hybridized carbons (Fsp3) is 0.692. The van der Waals surface area contributed by atoms with E-state index in [1.807, 2.05) is 7.05 Å². The summed E-state index contributed by atoms with van der Waals surface area (Å²) in [7, 11) is 2.03. The Labute approximate surface area is 113 Å². The van der Waals surface area contributed by atoms with Gasteiger partial charge >= 0.3 is 12.0 Å². The number of carboxylic acids is 1. The highest BCUT2D eigenvalue weighted by Crippen LogP contribution is 2.11. The fourth-order valence-electron chi connectivity index (χ4n) is 2.13. The SMILES string of the molecule is C#CCC(NC(=O)N1CCN(C)C(CC)C1)C(=O)O. The molecule has 0 bridgehead atoms. The van der Waals surface area contributed by atoms with Gasteiger partial charge in [-0.25, -0.2) is 9.59 Å². The molecule has 6 nitrogen and oxygen atoms in total. The van der Waals surface area contributed by atoms with Gasteiger partial charge in [-0.2, -0.15) is 0 Å². The number of hydrogen-bond acceptors (Lipinski definition) is 3. The second kappa shape index (κ2) is 7.00. The Morgan fingerprint density at radius 3 is 2.74 bits per heavy atom. The molecular weight excluding hydrogens is 246 g/mol. The molecule has 1 aliphatic heterocycles. The van der Waals surface area contributed by atoms with Gasteiger partial charge in [0.15, 0.2) is 0 Å². The summed E-state index contributed by atoms with van der Waals surface area (Å²) in [4.78, 5) is 26.8. The number of likely N-dealkylation sites (N-methyl/N-ethyl adjacent to an activating group) is 1. The molecule has 1 aliphatic rings. The van der Waals surface area contributed by atoms with E-state index in [1.54, 1.807) is 4.90 Å². The Bertz CT molecular complexity index is 378. The maximum Gasteiger partial charge on any atom is 0.327 e. The molecule has 1 heterocycles. The Morgan fingerprint density at radius 2 is 2.21 bits per heavy atom. The van der Waals surface area contributed by atoms with Crippen molar-refractivity contribution in [1.29, 1.82) is 0 Å². The highest BCUT2D eigenvalue weighted by molar-refractivity contribution is 5.82. The average molecular weight is 267 g/mol. The zero-order chi connectivity index (χ0) is 14.4. The van der Waals surface area contributed by atoms with E-state index in [1.165, 1.54) is 0 Å². The van der Waals surface area contributed by atoms with Crippen LogP contribution in [0.4, 0.5) is 4.79 Å². The molecule has 1 rings (SSSR count). The summed E-state index contributed by atoms with van der Waals surface area (Å²) >= 11 is 0. The second-order valence-corrected chi connectivity index (χ2v) is 4.74. The van der Waals surface area contributed by atoms with Gasteiger partial charge in [-0.15, -0.1) is 12.3 Å². The first-order valence-electron chi connectivity index (χ1n) is 6.41. The molecule has 106 valence electrons. The van der Waals surface area contributed by atoms with E-state index in [0.717, 1.165) is 13.0 Å². The van der Waals surface area contributed by atoms with Crippen molar-refractivity contribution in [2.24, 2.45) is 0 Å². The molecule has 0 radical (unpaired) electrons. The highest BCUT2D eigenvalue weighted by atomic mass is 16.4. The standard InChI is InChI=1S/C13H21N3O3/c1-4-6-11(12(17)18)14-13(19)16-8-7-15(3)10(5-2)9-16/h1,10-11H,5-9H2,2-3H3,(H,14,19)(H,17,18). The molecule has 0 spiro atoms. The number of nitrogens with zero attached hydrogens (tertiary/aromatic N) is 2. The first kappa shape index (κ1) is 15.3. The zero-order valence-electron chi connectivity index (χ0n) is 11.4. The lowest BCUT2D eigenvalue weighted by molar-refractivity contribution is -0.139. The summed E-state index contributed by atoms with van der Waals surface area (Å²) in [5.74, 6) is 1.16. The number of hydrogen-bond donors (Lipinski definition) is 2. The zero-order valence-corrected chi connectivity index (χ0v) is 11.4. The molecule has 1 saturated heterocycles. The van der Waals surface area contributed by atoms with Gasteiger partial charge in [-0.1, -0.05) is 6.92 Å². The predicted octanol–water partition coefficient (Wildman–Crippen LogP) is 0.199. The van der Waals surface area contributed by atoms with Gasteiger partial charge in [0.1, 0.15) is 6.04 Å². The number of aliphatic carboxylic acids is 1. The van der Waals surface area contributed by atoms with Crippen LogP contribution in [0.5, 0.6) is 0 Å². The summed E-state index contributed by atoms with van der Waals surface area (Å²) in [6.07, 6.45) is 6.04. The molecule has 2 atom stereocenters. The number of carbonyl (C=O) groups is 2. The number of piperazine rings is 1. The lowest BCUT2D eigenvalue weighted by atomic mass is 10.1. The number of urea groups is 1. The minimum Gasteiger partial charge on any atom is -0.480 e. The van der Waals surface area contributed by atoms with Gasteiger partial charge in [0.25, 0.3) is 0 Å². The normalized spacial score (nSPS) is 21.5. The van der Waals surface area contributed by atoms with Crippen LogP contribution in [-0.2, 0) is 4.79 Å². The number of rotatable bonds is 4. The second-order valence-electron chi connectivity index (χ2n) is 4.74. The van der Waals surface area contributed by atoms with Crippen molar-refractivity contribution in [1.82, 2.24) is 15.1 Å². The predicted molar refractivity (Wildman–Crippen MR) is 71.7 cm³/mol. The quantitative estimate of drug-likeness (QED) is 0.714. The van der Waals surface area contributed by atoms with Crippen molar-refractivity contribution >= 4 is 12.0 Å². The smallest absolute Gasteiger partial charge is 0.327 e. The topological polar surface area (TPSA) is 72.9 Å². The van der Waals surface area contributed by atoms with Crippen molar-refractivity contribution < 1.29 is 14.7 Å². The van der Waals surface area contributed by atoms with E-state index >= 15 is 0 Å². The number of carbonyl (C=O) groups excluding carboxylic acids is 1. The van der Waals surface area contributed by atoms with Crippen LogP contribution in [0.1, 0.15) is 19.8 Å². The molecule has 1 fully saturated rings. The Balaban J connectivity index is 2.58. The lowest BCUT2D eigenvalue weighted by Gasteiger charge is -2.39. The van der Waals surface area contributed by atoms with E-state index in [4.69, 9.17) is 11.5 Å². The van der Waals surface area contributed by atoms with Crippen LogP contribution in [0.2, 0.25) is 0 Å². The van der Waals surface area contributed by atoms with Crippen molar-refractivity contribution in [3.63, 3.8) is 0 Å². The van der Waals surface area contributed by atoms with Gasteiger partial charge in [-0.05, 0) is 13.5 Å². The summed E-state index contributed by atoms with van der Waals surface area (Å²) in [5.41, 5.74) is 0. The van der Waals surface area contributed by atoms with Gasteiger partial charge in [0.2, 0.25) is 0 Å². The van der Waals surface area contributed by atoms with E-state index in [9.17, 15) is 9.59 Å². The number of carboxylic acid groups (broad SMARTS) is 1. The average Bonchev–Trinajstić information content (AvgIpc) is 2.38. The number of terminal acetylenes is 1. The maximum absolute atomic E-state index is 12.0. The first-order valence-corrected chi connectivity index (χ1v) is 6.41. The molecule has 19 heavy (non-hydrogen) atoms. The molecule has 0 aromatic heterocycles. The van der Waals surface area contributed by atoms with Crippen LogP contribution in [0, 0.1) is 12.3 Å². The summed E-state index contributed by atoms with van der Waals surface area (Å²) in [6, 6.07) is -1.05. The van der Waals surface area contributed by atoms with Crippen molar-refractivity contribution in [2.75, 3.05) is 26.7 Å². The molecule has 0 saturated carbocycles. The third-order valence-corrected chi connectivity index (χ3v) is 3.45. The van der Waals surface area contributed by atoms with Gasteiger partial charge in [0.05, 0.1) is 0 Å². The Hall–Kier alpha value is -1.74. The molecule has 0 aromatic rings. The van der Waals surface area contributed by atoms with Crippen LogP contribution in [0.25, 0.3) is 0 Å². The molecule has 6 heteroatoms. The van der Waals surface area contributed by atoms with Crippen molar-refractivity contribution in [2.45, 2.75) is 31.8 Å². The molecule has 2 amide bonds. The maximum atomic E-state index is 12.0. The third kappa shape index (κ3) is 4.14. The minimum atomic E-state index is -1.10. The molecule has 2 N–H and O–H groups in total. The molecule has 2 unspecified atom stereocenters. The van der Waals surface area contributed by atoms with E-state index < -0.39 is 12.0 Å². The fourth-order valence-corrected chi connectivity index (χ4v) is 2.13. The third-order valence-electron chi connectivity index (χ3n) is 3.45. The largest absolute Gasteiger partial charge is 0.480 e. The molecule has 0 aliphatic carbocycles. The van der Waals surface area contributed by atoms with Crippen molar-refractivity contribution in [3.05, 3.63) is 0 Å². The Kier molecular flexibility index (Phi) is 5.64. The van der Waals surface area contributed by atoms with Crippen LogP contribution in [0.15, 0.2) is 0 Å². The van der Waals surface area contributed by atoms with Crippen LogP contribution in [-0.4, -0.2) is 65.7 Å². The summed E-state index contributed by atoms with van der Waals surface area (Å²) in [5, 5.41) is 11.4. The summed E-state index contributed by atoms with van der Waals surface area (Å²) < 4.78 is 0. The van der Waals surface area contributed by atoms with E-state index in [-0.39, 0.29) is 12.5 Å². The van der Waals surface area contributed by atoms with Crippen LogP contribution >= 0.6 is 0 Å². The van der Waals surface area contributed by atoms with Gasteiger partial charge in [0, 0.05) is 32.1 Å². The van der Waals surface area contributed by atoms with Gasteiger partial charge in [-0.3, -0.25) is 4.90 Å². The van der Waals surface area contributed by atoms with Crippen LogP contribution < -0.4 is 5.32 Å². The highest BCUT2D eigenvalue weighted by Gasteiger charge is 2.28. The molecular formula is C13H21N3O3. The Morgan fingerprint density at radius 1 is 1.53 bits per heavy atom. The van der Waals surface area contributed by atoms with Gasteiger partial charge < -0.3 is 15.3 Å². The lowest BCUT2D eigenvalue weighted by Crippen LogP contribution is -2.57. The van der Waals surface area contributed by atoms with Crippen LogP contribution in [0.3, 0.4) is 0 Å². The first-order chi connectivity index (χ1) is 8.99. The monoisotopic (exact) mass is 267 g/mol. The van der Waals surface area contributed by atoms with E-state index in [2.05, 4.69) is 23.1 Å².